The van der Waals surface area contributed by atoms with Gasteiger partial charge in [0, 0.05) is 31.0 Å². The van der Waals surface area contributed by atoms with Gasteiger partial charge in [-0.2, -0.15) is 0 Å². The summed E-state index contributed by atoms with van der Waals surface area (Å²) in [7, 11) is 2.02. The van der Waals surface area contributed by atoms with Crippen molar-refractivity contribution in [2.75, 3.05) is 18.5 Å². The molecule has 0 aliphatic heterocycles. The van der Waals surface area contributed by atoms with Crippen molar-refractivity contribution in [2.24, 2.45) is 0 Å². The molecule has 3 rings (SSSR count). The lowest BCUT2D eigenvalue weighted by Crippen LogP contribution is -2.23. The van der Waals surface area contributed by atoms with E-state index < -0.39 is 0 Å². The number of rotatable bonds is 4. The molecule has 4 nitrogen and oxygen atoms in total. The smallest absolute Gasteiger partial charge is 0.252 e. The molecular formula is C18H19N3O. The van der Waals surface area contributed by atoms with E-state index in [4.69, 9.17) is 0 Å². The maximum atomic E-state index is 12.0. The first kappa shape index (κ1) is 14.2. The van der Waals surface area contributed by atoms with Crippen molar-refractivity contribution in [2.45, 2.75) is 6.92 Å². The van der Waals surface area contributed by atoms with E-state index in [-0.39, 0.29) is 5.91 Å². The molecule has 2 aromatic heterocycles. The van der Waals surface area contributed by atoms with Crippen LogP contribution in [0.2, 0.25) is 0 Å². The van der Waals surface area contributed by atoms with Crippen molar-refractivity contribution in [3.05, 3.63) is 66.4 Å². The number of aromatic nitrogens is 1. The average molecular weight is 293 g/mol. The van der Waals surface area contributed by atoms with Gasteiger partial charge in [-0.1, -0.05) is 18.2 Å². The number of fused-ring (bicyclic) bond motifs is 1. The molecule has 0 bridgehead atoms. The van der Waals surface area contributed by atoms with E-state index in [1.165, 1.54) is 0 Å². The molecule has 0 saturated heterocycles. The van der Waals surface area contributed by atoms with Crippen LogP contribution in [0.4, 0.5) is 11.5 Å². The van der Waals surface area contributed by atoms with Crippen LogP contribution in [0.5, 0.6) is 0 Å². The lowest BCUT2D eigenvalue weighted by atomic mass is 10.2. The van der Waals surface area contributed by atoms with Gasteiger partial charge in [-0.3, -0.25) is 4.79 Å². The molecule has 1 amide bonds. The highest BCUT2D eigenvalue weighted by Gasteiger charge is 2.11. The van der Waals surface area contributed by atoms with Crippen molar-refractivity contribution in [1.82, 2.24) is 9.72 Å². The van der Waals surface area contributed by atoms with Crippen molar-refractivity contribution < 1.29 is 4.79 Å². The number of nitrogens with zero attached hydrogens (tertiary/aromatic N) is 2. The van der Waals surface area contributed by atoms with Gasteiger partial charge in [0.25, 0.3) is 5.91 Å². The highest BCUT2D eigenvalue weighted by Crippen LogP contribution is 2.26. The highest BCUT2D eigenvalue weighted by molar-refractivity contribution is 5.94. The fourth-order valence-corrected chi connectivity index (χ4v) is 2.54. The van der Waals surface area contributed by atoms with Gasteiger partial charge in [0.15, 0.2) is 0 Å². The summed E-state index contributed by atoms with van der Waals surface area (Å²) in [5.74, 6) is 0.971. The quantitative estimate of drug-likeness (QED) is 0.800. The van der Waals surface area contributed by atoms with Gasteiger partial charge in [-0.25, -0.2) is 0 Å². The molecule has 0 spiro atoms. The molecule has 0 saturated carbocycles. The zero-order chi connectivity index (χ0) is 15.5. The number of anilines is 2. The summed E-state index contributed by atoms with van der Waals surface area (Å²) in [6.45, 7) is 2.54. The Hall–Kier alpha value is -2.75. The van der Waals surface area contributed by atoms with Gasteiger partial charge in [0.1, 0.15) is 5.82 Å². The van der Waals surface area contributed by atoms with Gasteiger partial charge in [-0.05, 0) is 43.3 Å². The van der Waals surface area contributed by atoms with Gasteiger partial charge in [0.05, 0.1) is 5.56 Å². The number of amides is 1. The molecule has 0 atom stereocenters. The number of para-hydroxylation sites is 1. The summed E-state index contributed by atoms with van der Waals surface area (Å²) in [5, 5.41) is 2.83. The van der Waals surface area contributed by atoms with Crippen LogP contribution in [-0.2, 0) is 0 Å². The van der Waals surface area contributed by atoms with Crippen LogP contribution >= 0.6 is 0 Å². The van der Waals surface area contributed by atoms with Gasteiger partial charge < -0.3 is 14.6 Å². The van der Waals surface area contributed by atoms with E-state index in [9.17, 15) is 4.79 Å². The largest absolute Gasteiger partial charge is 0.352 e. The third kappa shape index (κ3) is 2.55. The summed E-state index contributed by atoms with van der Waals surface area (Å²) in [6, 6.07) is 18.1. The Morgan fingerprint density at radius 2 is 1.82 bits per heavy atom. The molecule has 0 unspecified atom stereocenters. The third-order valence-electron chi connectivity index (χ3n) is 3.72. The Balaban J connectivity index is 2.03. The van der Waals surface area contributed by atoms with E-state index in [2.05, 4.69) is 34.5 Å². The zero-order valence-electron chi connectivity index (χ0n) is 12.8. The predicted molar refractivity (Wildman–Crippen MR) is 89.9 cm³/mol. The molecule has 1 N–H and O–H groups in total. The Kier molecular flexibility index (Phi) is 3.83. The lowest BCUT2D eigenvalue weighted by Gasteiger charge is -2.19. The molecule has 4 heteroatoms. The van der Waals surface area contributed by atoms with Crippen LogP contribution in [0.25, 0.3) is 5.52 Å². The molecule has 0 radical (unpaired) electrons. The monoisotopic (exact) mass is 293 g/mol. The third-order valence-corrected chi connectivity index (χ3v) is 3.72. The normalized spacial score (nSPS) is 10.6. The summed E-state index contributed by atoms with van der Waals surface area (Å²) in [6.07, 6.45) is 1.88. The number of hydrogen-bond donors (Lipinski definition) is 1. The fourth-order valence-electron chi connectivity index (χ4n) is 2.54. The van der Waals surface area contributed by atoms with Crippen molar-refractivity contribution in [1.29, 1.82) is 0 Å². The molecule has 22 heavy (non-hydrogen) atoms. The standard InChI is InChI=1S/C18H19N3O/c1-3-19-18(22)14-9-10-16-11-12-17(21(16)13-14)20(2)15-7-5-4-6-8-15/h4-13H,3H2,1-2H3,(H,19,22). The van der Waals surface area contributed by atoms with Crippen LogP contribution in [-0.4, -0.2) is 23.9 Å². The summed E-state index contributed by atoms with van der Waals surface area (Å²) in [4.78, 5) is 14.1. The highest BCUT2D eigenvalue weighted by atomic mass is 16.1. The maximum Gasteiger partial charge on any atom is 0.252 e. The number of hydrogen-bond acceptors (Lipinski definition) is 2. The van der Waals surface area contributed by atoms with Crippen molar-refractivity contribution in [3.8, 4) is 0 Å². The minimum atomic E-state index is -0.0496. The van der Waals surface area contributed by atoms with Crippen LogP contribution in [0.15, 0.2) is 60.8 Å². The van der Waals surface area contributed by atoms with Crippen molar-refractivity contribution >= 4 is 22.9 Å². The number of carbonyl (C=O) groups is 1. The topological polar surface area (TPSA) is 36.8 Å². The molecule has 2 heterocycles. The predicted octanol–water partition coefficient (Wildman–Crippen LogP) is 3.46. The van der Waals surface area contributed by atoms with Crippen LogP contribution < -0.4 is 10.2 Å². The van der Waals surface area contributed by atoms with Gasteiger partial charge >= 0.3 is 0 Å². The van der Waals surface area contributed by atoms with E-state index in [1.54, 1.807) is 0 Å². The van der Waals surface area contributed by atoms with Crippen LogP contribution in [0, 0.1) is 0 Å². The SMILES string of the molecule is CCNC(=O)c1ccc2ccc(N(C)c3ccccc3)n2c1. The fraction of sp³-hybridized carbons (Fsp3) is 0.167. The zero-order valence-corrected chi connectivity index (χ0v) is 12.8. The molecule has 112 valence electrons. The number of benzene rings is 1. The average Bonchev–Trinajstić information content (AvgIpc) is 2.98. The number of pyridine rings is 1. The van der Waals surface area contributed by atoms with E-state index in [0.29, 0.717) is 12.1 Å². The van der Waals surface area contributed by atoms with Gasteiger partial charge in [-0.15, -0.1) is 0 Å². The Bertz CT molecular complexity index is 792. The lowest BCUT2D eigenvalue weighted by molar-refractivity contribution is 0.0955. The molecule has 0 aliphatic carbocycles. The van der Waals surface area contributed by atoms with E-state index >= 15 is 0 Å². The summed E-state index contributed by atoms with van der Waals surface area (Å²) < 4.78 is 2.04. The summed E-state index contributed by atoms with van der Waals surface area (Å²) >= 11 is 0. The maximum absolute atomic E-state index is 12.0. The Labute approximate surface area is 130 Å². The van der Waals surface area contributed by atoms with Gasteiger partial charge in [0.2, 0.25) is 0 Å². The molecule has 0 fully saturated rings. The van der Waals surface area contributed by atoms with E-state index in [1.807, 2.05) is 54.9 Å². The second-order valence-electron chi connectivity index (χ2n) is 5.16. The molecule has 0 aliphatic rings. The Morgan fingerprint density at radius 3 is 2.55 bits per heavy atom. The first-order chi connectivity index (χ1) is 10.7. The second kappa shape index (κ2) is 5.93. The Morgan fingerprint density at radius 1 is 1.09 bits per heavy atom. The van der Waals surface area contributed by atoms with Crippen LogP contribution in [0.3, 0.4) is 0 Å². The summed E-state index contributed by atoms with van der Waals surface area (Å²) in [5.41, 5.74) is 2.82. The number of nitrogens with one attached hydrogen (secondary N) is 1. The molecule has 1 aromatic carbocycles. The van der Waals surface area contributed by atoms with E-state index in [0.717, 1.165) is 17.0 Å². The van der Waals surface area contributed by atoms with Crippen molar-refractivity contribution in [3.63, 3.8) is 0 Å². The first-order valence-electron chi connectivity index (χ1n) is 7.39. The minimum Gasteiger partial charge on any atom is -0.352 e. The van der Waals surface area contributed by atoms with Crippen LogP contribution in [0.1, 0.15) is 17.3 Å². The number of carbonyl (C=O) groups excluding carboxylic acids is 1. The molecular weight excluding hydrogens is 274 g/mol. The second-order valence-corrected chi connectivity index (χ2v) is 5.16. The minimum absolute atomic E-state index is 0.0496. The first-order valence-corrected chi connectivity index (χ1v) is 7.39. The molecule has 3 aromatic rings.